The summed E-state index contributed by atoms with van der Waals surface area (Å²) in [6.07, 6.45) is 9.10. The zero-order valence-corrected chi connectivity index (χ0v) is 7.22. The van der Waals surface area contributed by atoms with Crippen LogP contribution < -0.4 is 5.32 Å². The zero-order chi connectivity index (χ0) is 7.90. The molecule has 0 aromatic carbocycles. The molecule has 0 radical (unpaired) electrons. The highest BCUT2D eigenvalue weighted by atomic mass is 14.9. The van der Waals surface area contributed by atoms with E-state index in [1.165, 1.54) is 18.5 Å². The van der Waals surface area contributed by atoms with Crippen LogP contribution in [0.4, 0.5) is 0 Å². The third kappa shape index (κ3) is 1.09. The lowest BCUT2D eigenvalue weighted by atomic mass is 10.1. The Balaban J connectivity index is 1.94. The summed E-state index contributed by atoms with van der Waals surface area (Å²) in [5.74, 6) is 0.884. The van der Waals surface area contributed by atoms with Gasteiger partial charge in [0.15, 0.2) is 0 Å². The monoisotopic (exact) mass is 149 g/mol. The van der Waals surface area contributed by atoms with E-state index in [2.05, 4.69) is 18.3 Å². The largest absolute Gasteiger partial charge is 0.366 e. The van der Waals surface area contributed by atoms with Crippen molar-refractivity contribution >= 4 is 0 Å². The molecule has 2 unspecified atom stereocenters. The highest BCUT2D eigenvalue weighted by Crippen LogP contribution is 2.61. The highest BCUT2D eigenvalue weighted by Gasteiger charge is 2.52. The van der Waals surface area contributed by atoms with Gasteiger partial charge in [-0.25, -0.2) is 0 Å². The molecule has 2 rings (SSSR count). The standard InChI is InChI=1S/C10H15N/c1-3-4-11-9-5-8-6-10(8,2)7-9/h3-5,8,11H,6-7H2,1-2H3/b4-3+. The summed E-state index contributed by atoms with van der Waals surface area (Å²) >= 11 is 0. The summed E-state index contributed by atoms with van der Waals surface area (Å²) in [5.41, 5.74) is 2.06. The number of hydrogen-bond acceptors (Lipinski definition) is 1. The minimum atomic E-state index is 0.643. The van der Waals surface area contributed by atoms with Crippen LogP contribution in [-0.4, -0.2) is 0 Å². The second-order valence-corrected chi connectivity index (χ2v) is 3.98. The first-order valence-corrected chi connectivity index (χ1v) is 4.33. The average Bonchev–Trinajstić information content (AvgIpc) is 2.47. The maximum absolute atomic E-state index is 3.30. The number of nitrogens with one attached hydrogen (secondary N) is 1. The van der Waals surface area contributed by atoms with Crippen LogP contribution in [0.2, 0.25) is 0 Å². The summed E-state index contributed by atoms with van der Waals surface area (Å²) in [6, 6.07) is 0. The molecule has 1 N–H and O–H groups in total. The minimum absolute atomic E-state index is 0.643. The van der Waals surface area contributed by atoms with Gasteiger partial charge in [-0.1, -0.05) is 19.1 Å². The molecule has 0 spiro atoms. The molecule has 1 nitrogen and oxygen atoms in total. The predicted molar refractivity (Wildman–Crippen MR) is 46.9 cm³/mol. The Morgan fingerprint density at radius 3 is 3.09 bits per heavy atom. The van der Waals surface area contributed by atoms with Gasteiger partial charge in [0, 0.05) is 5.70 Å². The van der Waals surface area contributed by atoms with E-state index in [1.54, 1.807) is 0 Å². The van der Waals surface area contributed by atoms with Crippen LogP contribution >= 0.6 is 0 Å². The van der Waals surface area contributed by atoms with Crippen molar-refractivity contribution in [3.63, 3.8) is 0 Å². The van der Waals surface area contributed by atoms with Gasteiger partial charge in [-0.3, -0.25) is 0 Å². The van der Waals surface area contributed by atoms with Gasteiger partial charge in [-0.05, 0) is 37.3 Å². The van der Waals surface area contributed by atoms with E-state index in [4.69, 9.17) is 0 Å². The first-order valence-electron chi connectivity index (χ1n) is 4.33. The zero-order valence-electron chi connectivity index (χ0n) is 7.22. The van der Waals surface area contributed by atoms with E-state index in [1.807, 2.05) is 19.2 Å². The number of rotatable bonds is 2. The topological polar surface area (TPSA) is 12.0 Å². The van der Waals surface area contributed by atoms with E-state index in [0.717, 1.165) is 5.92 Å². The molecule has 2 aliphatic carbocycles. The van der Waals surface area contributed by atoms with Gasteiger partial charge in [-0.2, -0.15) is 0 Å². The van der Waals surface area contributed by atoms with Gasteiger partial charge < -0.3 is 5.32 Å². The molecule has 1 fully saturated rings. The van der Waals surface area contributed by atoms with E-state index < -0.39 is 0 Å². The van der Waals surface area contributed by atoms with Crippen LogP contribution in [0.3, 0.4) is 0 Å². The Morgan fingerprint density at radius 2 is 2.55 bits per heavy atom. The van der Waals surface area contributed by atoms with Crippen molar-refractivity contribution in [3.8, 4) is 0 Å². The van der Waals surface area contributed by atoms with Gasteiger partial charge >= 0.3 is 0 Å². The van der Waals surface area contributed by atoms with E-state index in [9.17, 15) is 0 Å². The molecule has 0 bridgehead atoms. The quantitative estimate of drug-likeness (QED) is 0.635. The summed E-state index contributed by atoms with van der Waals surface area (Å²) in [7, 11) is 0. The fraction of sp³-hybridized carbons (Fsp3) is 0.600. The Kier molecular flexibility index (Phi) is 1.35. The summed E-state index contributed by atoms with van der Waals surface area (Å²) in [5, 5.41) is 3.30. The highest BCUT2D eigenvalue weighted by molar-refractivity contribution is 5.26. The third-order valence-corrected chi connectivity index (χ3v) is 2.85. The van der Waals surface area contributed by atoms with Crippen LogP contribution in [0.15, 0.2) is 24.0 Å². The van der Waals surface area contributed by atoms with E-state index in [0.29, 0.717) is 5.41 Å². The van der Waals surface area contributed by atoms with Gasteiger partial charge in [0.25, 0.3) is 0 Å². The summed E-state index contributed by atoms with van der Waals surface area (Å²) < 4.78 is 0. The van der Waals surface area contributed by atoms with Gasteiger partial charge in [-0.15, -0.1) is 0 Å². The predicted octanol–water partition coefficient (Wildman–Crippen LogP) is 2.42. The number of fused-ring (bicyclic) bond motifs is 1. The first-order chi connectivity index (χ1) is 5.24. The Morgan fingerprint density at radius 1 is 1.73 bits per heavy atom. The average molecular weight is 149 g/mol. The van der Waals surface area contributed by atoms with Crippen LogP contribution in [0.1, 0.15) is 26.7 Å². The van der Waals surface area contributed by atoms with Crippen LogP contribution in [-0.2, 0) is 0 Å². The number of allylic oxidation sites excluding steroid dienone is 3. The number of hydrogen-bond donors (Lipinski definition) is 1. The molecule has 60 valence electrons. The lowest BCUT2D eigenvalue weighted by Crippen LogP contribution is -2.05. The van der Waals surface area contributed by atoms with Crippen molar-refractivity contribution < 1.29 is 0 Å². The molecule has 0 amide bonds. The van der Waals surface area contributed by atoms with Crippen LogP contribution in [0.5, 0.6) is 0 Å². The maximum atomic E-state index is 3.30. The van der Waals surface area contributed by atoms with Crippen molar-refractivity contribution in [1.82, 2.24) is 5.32 Å². The van der Waals surface area contributed by atoms with Crippen molar-refractivity contribution in [2.45, 2.75) is 26.7 Å². The molecule has 0 saturated heterocycles. The van der Waals surface area contributed by atoms with Crippen molar-refractivity contribution in [1.29, 1.82) is 0 Å². The molecule has 0 aromatic rings. The van der Waals surface area contributed by atoms with Gasteiger partial charge in [0.2, 0.25) is 0 Å². The molecular formula is C10H15N. The van der Waals surface area contributed by atoms with E-state index in [-0.39, 0.29) is 0 Å². The van der Waals surface area contributed by atoms with E-state index >= 15 is 0 Å². The Bertz CT molecular complexity index is 227. The molecule has 2 atom stereocenters. The van der Waals surface area contributed by atoms with Crippen molar-refractivity contribution in [2.24, 2.45) is 11.3 Å². The molecule has 0 aromatic heterocycles. The molecular weight excluding hydrogens is 134 g/mol. The maximum Gasteiger partial charge on any atom is 0.0114 e. The van der Waals surface area contributed by atoms with Crippen LogP contribution in [0, 0.1) is 11.3 Å². The lowest BCUT2D eigenvalue weighted by molar-refractivity contribution is 0.554. The van der Waals surface area contributed by atoms with Crippen LogP contribution in [0.25, 0.3) is 0 Å². The molecule has 0 aliphatic heterocycles. The Labute approximate surface area is 68.2 Å². The third-order valence-electron chi connectivity index (χ3n) is 2.85. The molecule has 11 heavy (non-hydrogen) atoms. The summed E-state index contributed by atoms with van der Waals surface area (Å²) in [4.78, 5) is 0. The SMILES string of the molecule is C/C=C/NC1=CC2CC2(C)C1. The lowest BCUT2D eigenvalue weighted by Gasteiger charge is -2.06. The van der Waals surface area contributed by atoms with Crippen molar-refractivity contribution in [3.05, 3.63) is 24.0 Å². The Hall–Kier alpha value is -0.720. The smallest absolute Gasteiger partial charge is 0.0114 e. The molecule has 1 heteroatoms. The minimum Gasteiger partial charge on any atom is -0.366 e. The molecule has 0 heterocycles. The normalized spacial score (nSPS) is 40.5. The second-order valence-electron chi connectivity index (χ2n) is 3.98. The molecule has 1 saturated carbocycles. The second kappa shape index (κ2) is 2.13. The summed E-state index contributed by atoms with van der Waals surface area (Å²) in [6.45, 7) is 4.41. The fourth-order valence-electron chi connectivity index (χ4n) is 1.93. The fourth-order valence-corrected chi connectivity index (χ4v) is 1.93. The van der Waals surface area contributed by atoms with Crippen molar-refractivity contribution in [2.75, 3.05) is 0 Å². The van der Waals surface area contributed by atoms with Gasteiger partial charge in [0.1, 0.15) is 0 Å². The van der Waals surface area contributed by atoms with Gasteiger partial charge in [0.05, 0.1) is 0 Å². The first kappa shape index (κ1) is 6.96. The molecule has 2 aliphatic rings.